The molecule has 3 aromatic rings. The maximum absolute atomic E-state index is 12.3. The summed E-state index contributed by atoms with van der Waals surface area (Å²) < 4.78 is 0. The summed E-state index contributed by atoms with van der Waals surface area (Å²) in [5.41, 5.74) is 7.58. The SMILES string of the molecule is Nc1nc2ccccc2cc1C(=O)Nc1cccc(Cl)c1. The molecule has 0 saturated heterocycles. The van der Waals surface area contributed by atoms with E-state index in [0.717, 1.165) is 10.9 Å². The van der Waals surface area contributed by atoms with Gasteiger partial charge in [-0.1, -0.05) is 35.9 Å². The Morgan fingerprint density at radius 3 is 2.71 bits per heavy atom. The van der Waals surface area contributed by atoms with Gasteiger partial charge in [-0.05, 0) is 30.3 Å². The van der Waals surface area contributed by atoms with Gasteiger partial charge < -0.3 is 11.1 Å². The molecule has 4 nitrogen and oxygen atoms in total. The molecule has 21 heavy (non-hydrogen) atoms. The van der Waals surface area contributed by atoms with Gasteiger partial charge in [-0.2, -0.15) is 0 Å². The highest BCUT2D eigenvalue weighted by atomic mass is 35.5. The van der Waals surface area contributed by atoms with Gasteiger partial charge in [0.05, 0.1) is 11.1 Å². The number of benzene rings is 2. The van der Waals surface area contributed by atoms with E-state index in [0.29, 0.717) is 16.3 Å². The molecule has 0 bridgehead atoms. The number of para-hydroxylation sites is 1. The Balaban J connectivity index is 1.96. The second-order valence-electron chi connectivity index (χ2n) is 4.58. The minimum atomic E-state index is -0.312. The van der Waals surface area contributed by atoms with E-state index in [1.807, 2.05) is 24.3 Å². The van der Waals surface area contributed by atoms with Gasteiger partial charge in [0, 0.05) is 16.1 Å². The van der Waals surface area contributed by atoms with Gasteiger partial charge in [0.1, 0.15) is 5.82 Å². The van der Waals surface area contributed by atoms with Crippen LogP contribution in [-0.4, -0.2) is 10.9 Å². The molecule has 0 aliphatic heterocycles. The molecule has 0 unspecified atom stereocenters. The minimum Gasteiger partial charge on any atom is -0.383 e. The Labute approximate surface area is 126 Å². The van der Waals surface area contributed by atoms with E-state index in [-0.39, 0.29) is 11.7 Å². The van der Waals surface area contributed by atoms with Crippen molar-refractivity contribution in [2.24, 2.45) is 0 Å². The maximum Gasteiger partial charge on any atom is 0.259 e. The first kappa shape index (κ1) is 13.4. The van der Waals surface area contributed by atoms with Gasteiger partial charge >= 0.3 is 0 Å². The summed E-state index contributed by atoms with van der Waals surface area (Å²) in [4.78, 5) is 16.6. The second kappa shape index (κ2) is 5.42. The highest BCUT2D eigenvalue weighted by Gasteiger charge is 2.12. The molecule has 0 aliphatic carbocycles. The van der Waals surface area contributed by atoms with Crippen molar-refractivity contribution in [1.82, 2.24) is 4.98 Å². The predicted octanol–water partition coefficient (Wildman–Crippen LogP) is 3.72. The van der Waals surface area contributed by atoms with Crippen molar-refractivity contribution in [1.29, 1.82) is 0 Å². The molecule has 0 saturated carbocycles. The third kappa shape index (κ3) is 2.80. The minimum absolute atomic E-state index is 0.202. The van der Waals surface area contributed by atoms with E-state index in [9.17, 15) is 4.79 Å². The van der Waals surface area contributed by atoms with Crippen LogP contribution in [0.4, 0.5) is 11.5 Å². The molecule has 0 aliphatic rings. The third-order valence-electron chi connectivity index (χ3n) is 3.08. The van der Waals surface area contributed by atoms with E-state index in [2.05, 4.69) is 10.3 Å². The van der Waals surface area contributed by atoms with Gasteiger partial charge in [0.25, 0.3) is 5.91 Å². The molecule has 1 heterocycles. The van der Waals surface area contributed by atoms with Crippen molar-refractivity contribution in [3.05, 3.63) is 65.2 Å². The van der Waals surface area contributed by atoms with Crippen molar-refractivity contribution >= 4 is 39.9 Å². The summed E-state index contributed by atoms with van der Waals surface area (Å²) in [6, 6.07) is 16.2. The van der Waals surface area contributed by atoms with Crippen LogP contribution in [0.3, 0.4) is 0 Å². The fourth-order valence-corrected chi connectivity index (χ4v) is 2.27. The Morgan fingerprint density at radius 2 is 1.90 bits per heavy atom. The lowest BCUT2D eigenvalue weighted by Gasteiger charge is -2.08. The van der Waals surface area contributed by atoms with Crippen molar-refractivity contribution in [2.45, 2.75) is 0 Å². The summed E-state index contributed by atoms with van der Waals surface area (Å²) >= 11 is 5.90. The van der Waals surface area contributed by atoms with E-state index in [1.54, 1.807) is 30.3 Å². The average Bonchev–Trinajstić information content (AvgIpc) is 2.46. The largest absolute Gasteiger partial charge is 0.383 e. The zero-order valence-corrected chi connectivity index (χ0v) is 11.8. The lowest BCUT2D eigenvalue weighted by Crippen LogP contribution is -2.15. The molecule has 2 aromatic carbocycles. The van der Waals surface area contributed by atoms with E-state index >= 15 is 0 Å². The highest BCUT2D eigenvalue weighted by Crippen LogP contribution is 2.20. The summed E-state index contributed by atoms with van der Waals surface area (Å²) in [6.45, 7) is 0. The van der Waals surface area contributed by atoms with Gasteiger partial charge in [0.2, 0.25) is 0 Å². The molecule has 104 valence electrons. The zero-order valence-electron chi connectivity index (χ0n) is 11.0. The Morgan fingerprint density at radius 1 is 1.10 bits per heavy atom. The number of nitrogens with one attached hydrogen (secondary N) is 1. The van der Waals surface area contributed by atoms with Crippen LogP contribution in [0.5, 0.6) is 0 Å². The number of hydrogen-bond donors (Lipinski definition) is 2. The number of anilines is 2. The molecular formula is C16H12ClN3O. The number of halogens is 1. The summed E-state index contributed by atoms with van der Waals surface area (Å²) in [5, 5.41) is 4.18. The smallest absolute Gasteiger partial charge is 0.259 e. The number of carbonyl (C=O) groups excluding carboxylic acids is 1. The molecule has 1 aromatic heterocycles. The van der Waals surface area contributed by atoms with Crippen LogP contribution in [0.2, 0.25) is 5.02 Å². The lowest BCUT2D eigenvalue weighted by molar-refractivity contribution is 0.102. The first-order chi connectivity index (χ1) is 10.1. The van der Waals surface area contributed by atoms with Crippen LogP contribution in [0.15, 0.2) is 54.6 Å². The number of nitrogen functional groups attached to an aromatic ring is 1. The van der Waals surface area contributed by atoms with Crippen LogP contribution >= 0.6 is 11.6 Å². The fourth-order valence-electron chi connectivity index (χ4n) is 2.08. The van der Waals surface area contributed by atoms with Crippen molar-refractivity contribution in [3.8, 4) is 0 Å². The molecule has 3 N–H and O–H groups in total. The second-order valence-corrected chi connectivity index (χ2v) is 5.01. The van der Waals surface area contributed by atoms with Crippen LogP contribution in [0.1, 0.15) is 10.4 Å². The number of nitrogens with two attached hydrogens (primary N) is 1. The quantitative estimate of drug-likeness (QED) is 0.757. The predicted molar refractivity (Wildman–Crippen MR) is 85.6 cm³/mol. The van der Waals surface area contributed by atoms with Gasteiger partial charge in [0.15, 0.2) is 0 Å². The number of amides is 1. The maximum atomic E-state index is 12.3. The Kier molecular flexibility index (Phi) is 3.46. The fraction of sp³-hybridized carbons (Fsp3) is 0. The number of pyridine rings is 1. The lowest BCUT2D eigenvalue weighted by atomic mass is 10.1. The monoisotopic (exact) mass is 297 g/mol. The molecule has 3 rings (SSSR count). The Hall–Kier alpha value is -2.59. The number of nitrogens with zero attached hydrogens (tertiary/aromatic N) is 1. The van der Waals surface area contributed by atoms with Gasteiger partial charge in [-0.15, -0.1) is 0 Å². The molecular weight excluding hydrogens is 286 g/mol. The van der Waals surface area contributed by atoms with Crippen molar-refractivity contribution in [2.75, 3.05) is 11.1 Å². The molecule has 0 fully saturated rings. The summed E-state index contributed by atoms with van der Waals surface area (Å²) in [5.74, 6) is -0.110. The van der Waals surface area contributed by atoms with E-state index in [1.165, 1.54) is 0 Å². The third-order valence-corrected chi connectivity index (χ3v) is 3.32. The number of carbonyl (C=O) groups is 1. The average molecular weight is 298 g/mol. The first-order valence-electron chi connectivity index (χ1n) is 6.36. The topological polar surface area (TPSA) is 68.0 Å². The summed E-state index contributed by atoms with van der Waals surface area (Å²) in [7, 11) is 0. The van der Waals surface area contributed by atoms with Gasteiger partial charge in [-0.3, -0.25) is 4.79 Å². The molecule has 0 spiro atoms. The standard InChI is InChI=1S/C16H12ClN3O/c17-11-5-3-6-12(9-11)19-16(21)13-8-10-4-1-2-7-14(10)20-15(13)18/h1-9H,(H2,18,20)(H,19,21). The highest BCUT2D eigenvalue weighted by molar-refractivity contribution is 6.31. The number of fused-ring (bicyclic) bond motifs is 1. The van der Waals surface area contributed by atoms with Crippen molar-refractivity contribution in [3.63, 3.8) is 0 Å². The van der Waals surface area contributed by atoms with Crippen LogP contribution < -0.4 is 11.1 Å². The number of rotatable bonds is 2. The van der Waals surface area contributed by atoms with Crippen LogP contribution in [0, 0.1) is 0 Å². The zero-order chi connectivity index (χ0) is 14.8. The molecule has 0 atom stereocenters. The van der Waals surface area contributed by atoms with Crippen LogP contribution in [-0.2, 0) is 0 Å². The first-order valence-corrected chi connectivity index (χ1v) is 6.73. The van der Waals surface area contributed by atoms with Gasteiger partial charge in [-0.25, -0.2) is 4.98 Å². The van der Waals surface area contributed by atoms with Crippen molar-refractivity contribution < 1.29 is 4.79 Å². The number of hydrogen-bond acceptors (Lipinski definition) is 3. The van der Waals surface area contributed by atoms with E-state index in [4.69, 9.17) is 17.3 Å². The Bertz CT molecular complexity index is 833. The molecule has 5 heteroatoms. The van der Waals surface area contributed by atoms with E-state index < -0.39 is 0 Å². The summed E-state index contributed by atoms with van der Waals surface area (Å²) in [6.07, 6.45) is 0. The molecule has 1 amide bonds. The number of aromatic nitrogens is 1. The molecule has 0 radical (unpaired) electrons. The van der Waals surface area contributed by atoms with Crippen LogP contribution in [0.25, 0.3) is 10.9 Å². The normalized spacial score (nSPS) is 10.5.